The van der Waals surface area contributed by atoms with E-state index >= 15 is 0 Å². The Labute approximate surface area is 271 Å². The van der Waals surface area contributed by atoms with Crippen LogP contribution in [0.1, 0.15) is 60.3 Å². The molecular weight excluding hydrogens is 607 g/mol. The van der Waals surface area contributed by atoms with E-state index in [-0.39, 0.29) is 26.9 Å². The zero-order valence-corrected chi connectivity index (χ0v) is 28.9. The van der Waals surface area contributed by atoms with Gasteiger partial charge in [0.2, 0.25) is 0 Å². The number of carbonyl (C=O) groups is 1. The molecule has 2 atom stereocenters. The van der Waals surface area contributed by atoms with Crippen molar-refractivity contribution >= 4 is 40.4 Å². The molecule has 2 fully saturated rings. The number of Topliss-reactive ketones (excluding diaryl/α,β-unsaturated/α-hetero) is 1. The molecule has 12 nitrogen and oxygen atoms in total. The van der Waals surface area contributed by atoms with Gasteiger partial charge in [-0.1, -0.05) is 29.8 Å². The van der Waals surface area contributed by atoms with Crippen molar-refractivity contribution in [2.24, 2.45) is 14.1 Å². The first kappa shape index (κ1) is 39.1. The third-order valence-electron chi connectivity index (χ3n) is 6.70. The highest BCUT2D eigenvalue weighted by Crippen LogP contribution is 2.21. The average Bonchev–Trinajstić information content (AvgIpc) is 2.99. The molecule has 2 aliphatic rings. The number of ether oxygens (including phenoxy) is 1. The monoisotopic (exact) mass is 656 g/mol. The number of nitrogens with zero attached hydrogens (tertiary/aromatic N) is 5. The molecule has 0 aliphatic carbocycles. The molecule has 2 unspecified atom stereocenters. The number of allylic oxidation sites excluding steroid dienone is 1. The van der Waals surface area contributed by atoms with E-state index in [0.717, 1.165) is 57.6 Å². The van der Waals surface area contributed by atoms with Crippen LogP contribution in [0.3, 0.4) is 0 Å². The fourth-order valence-corrected chi connectivity index (χ4v) is 4.68. The van der Waals surface area contributed by atoms with Crippen molar-refractivity contribution in [1.29, 1.82) is 0 Å². The van der Waals surface area contributed by atoms with Gasteiger partial charge in [-0.25, -0.2) is 9.36 Å². The molecule has 0 radical (unpaired) electrons. The van der Waals surface area contributed by atoms with Gasteiger partial charge in [0, 0.05) is 45.3 Å². The van der Waals surface area contributed by atoms with Crippen molar-refractivity contribution in [3.05, 3.63) is 55.5 Å². The van der Waals surface area contributed by atoms with Crippen molar-refractivity contribution < 1.29 is 9.53 Å². The maximum Gasteiger partial charge on any atom is 0.287 e. The van der Waals surface area contributed by atoms with E-state index in [0.29, 0.717) is 29.5 Å². The summed E-state index contributed by atoms with van der Waals surface area (Å²) in [7, 11) is 4.78. The van der Waals surface area contributed by atoms with Crippen LogP contribution in [0, 0.1) is 0 Å². The summed E-state index contributed by atoms with van der Waals surface area (Å²) < 4.78 is 7.03. The summed E-state index contributed by atoms with van der Waals surface area (Å²) in [4.78, 5) is 35.1. The maximum atomic E-state index is 11.7. The number of aryl methyl sites for hydroxylation is 2. The van der Waals surface area contributed by atoms with E-state index in [1.807, 2.05) is 0 Å². The Kier molecular flexibility index (Phi) is 17.9. The van der Waals surface area contributed by atoms with Crippen LogP contribution in [0.5, 0.6) is 0 Å². The minimum Gasteiger partial charge on any atom is -0.502 e. The van der Waals surface area contributed by atoms with Crippen molar-refractivity contribution in [1.82, 2.24) is 29.8 Å². The zero-order valence-electron chi connectivity index (χ0n) is 27.4. The Morgan fingerprint density at radius 3 is 1.84 bits per heavy atom. The standard InChI is InChI=1S/C13H21ClN4O.C10H15ClN4O.C4H8O.C3H6O/c1-9(2)18-6-4-5-10(8-18)16-11-7-15-17(3)13(19)12(11)14;1-15-10(16)9(11)8(6-13-15)14-7-3-2-4-12-5-7;1-4(2)5-3;1-3(2)4/h7,9-10,16H,4-6,8H2,1-3H3;6-7,12,14H,2-5H2,1H3;1H2,2-3H3;1-2H3. The number of ketones is 1. The number of aromatic nitrogens is 4. The Bertz CT molecular complexity index is 1300. The van der Waals surface area contributed by atoms with Crippen LogP contribution in [0.15, 0.2) is 34.3 Å². The van der Waals surface area contributed by atoms with E-state index < -0.39 is 0 Å². The van der Waals surface area contributed by atoms with Crippen LogP contribution in [0.4, 0.5) is 11.4 Å². The lowest BCUT2D eigenvalue weighted by molar-refractivity contribution is -0.115. The minimum absolute atomic E-state index is 0.167. The number of methoxy groups -OCH3 is 1. The number of carbonyl (C=O) groups excluding carboxylic acids is 1. The first-order valence-corrected chi connectivity index (χ1v) is 15.5. The highest BCUT2D eigenvalue weighted by Gasteiger charge is 2.22. The lowest BCUT2D eigenvalue weighted by Crippen LogP contribution is -2.45. The molecule has 0 bridgehead atoms. The molecule has 248 valence electrons. The number of halogens is 2. The van der Waals surface area contributed by atoms with E-state index in [2.05, 4.69) is 56.2 Å². The van der Waals surface area contributed by atoms with Gasteiger partial charge < -0.3 is 25.5 Å². The lowest BCUT2D eigenvalue weighted by Gasteiger charge is -2.36. The summed E-state index contributed by atoms with van der Waals surface area (Å²) in [6.45, 7) is 16.8. The zero-order chi connectivity index (χ0) is 33.4. The predicted octanol–water partition coefficient (Wildman–Crippen LogP) is 4.08. The second-order valence-electron chi connectivity index (χ2n) is 11.2. The molecule has 2 aliphatic heterocycles. The van der Waals surface area contributed by atoms with Crippen molar-refractivity contribution in [3.8, 4) is 0 Å². The SMILES string of the molecule is C=C(C)OC.CC(C)=O.CC(C)N1CCCC(Nc2cnn(C)c(=O)c2Cl)C1.Cn1ncc(NC2CCCNC2)c(Cl)c1=O. The highest BCUT2D eigenvalue weighted by atomic mass is 35.5. The largest absolute Gasteiger partial charge is 0.502 e. The molecule has 2 aromatic heterocycles. The topological polar surface area (TPSA) is 135 Å². The van der Waals surface area contributed by atoms with E-state index in [4.69, 9.17) is 23.2 Å². The van der Waals surface area contributed by atoms with E-state index in [9.17, 15) is 14.4 Å². The molecule has 4 rings (SSSR count). The van der Waals surface area contributed by atoms with Gasteiger partial charge in [0.05, 0.1) is 36.6 Å². The average molecular weight is 658 g/mol. The second kappa shape index (κ2) is 20.2. The van der Waals surface area contributed by atoms with Crippen molar-refractivity contribution in [2.75, 3.05) is 43.9 Å². The molecule has 0 spiro atoms. The van der Waals surface area contributed by atoms with Crippen molar-refractivity contribution in [3.63, 3.8) is 0 Å². The second-order valence-corrected chi connectivity index (χ2v) is 11.9. The quantitative estimate of drug-likeness (QED) is 0.390. The van der Waals surface area contributed by atoms with Crippen LogP contribution in [0.2, 0.25) is 10.0 Å². The Balaban J connectivity index is 0.000000349. The summed E-state index contributed by atoms with van der Waals surface area (Å²) in [6.07, 6.45) is 7.68. The Hall–Kier alpha value is -2.93. The number of likely N-dealkylation sites (tertiary alicyclic amines) is 1. The van der Waals surface area contributed by atoms with E-state index in [1.54, 1.807) is 40.5 Å². The number of hydrogen-bond donors (Lipinski definition) is 3. The maximum absolute atomic E-state index is 11.7. The summed E-state index contributed by atoms with van der Waals surface area (Å²) in [5.41, 5.74) is 0.734. The van der Waals surface area contributed by atoms with Crippen LogP contribution in [0.25, 0.3) is 0 Å². The molecule has 0 saturated carbocycles. The van der Waals surface area contributed by atoms with Gasteiger partial charge in [0.1, 0.15) is 15.8 Å². The minimum atomic E-state index is -0.268. The van der Waals surface area contributed by atoms with Crippen LogP contribution in [-0.2, 0) is 23.6 Å². The normalized spacial score (nSPS) is 17.9. The van der Waals surface area contributed by atoms with Gasteiger partial charge in [0.25, 0.3) is 11.1 Å². The predicted molar refractivity (Wildman–Crippen MR) is 180 cm³/mol. The molecule has 44 heavy (non-hydrogen) atoms. The first-order chi connectivity index (χ1) is 20.7. The number of rotatable bonds is 6. The summed E-state index contributed by atoms with van der Waals surface area (Å²) in [5, 5.41) is 18.3. The summed E-state index contributed by atoms with van der Waals surface area (Å²) in [5.74, 6) is 0.921. The summed E-state index contributed by atoms with van der Waals surface area (Å²) >= 11 is 12.0. The van der Waals surface area contributed by atoms with E-state index in [1.165, 1.54) is 23.2 Å². The molecule has 2 saturated heterocycles. The Morgan fingerprint density at radius 2 is 1.43 bits per heavy atom. The molecular formula is C30H50Cl2N8O4. The van der Waals surface area contributed by atoms with Gasteiger partial charge >= 0.3 is 0 Å². The molecule has 2 aromatic rings. The van der Waals surface area contributed by atoms with Gasteiger partial charge in [-0.15, -0.1) is 0 Å². The van der Waals surface area contributed by atoms with Crippen molar-refractivity contribution in [2.45, 2.75) is 78.4 Å². The number of anilines is 2. The molecule has 0 amide bonds. The highest BCUT2D eigenvalue weighted by molar-refractivity contribution is 6.33. The number of hydrogen-bond acceptors (Lipinski definition) is 10. The third-order valence-corrected chi connectivity index (χ3v) is 7.43. The Morgan fingerprint density at radius 1 is 0.977 bits per heavy atom. The first-order valence-electron chi connectivity index (χ1n) is 14.8. The molecule has 14 heteroatoms. The summed E-state index contributed by atoms with van der Waals surface area (Å²) in [6, 6.07) is 1.18. The smallest absolute Gasteiger partial charge is 0.287 e. The van der Waals surface area contributed by atoms with Crippen LogP contribution < -0.4 is 27.1 Å². The molecule has 0 aromatic carbocycles. The fourth-order valence-electron chi connectivity index (χ4n) is 4.23. The fraction of sp³-hybridized carbons (Fsp3) is 0.633. The van der Waals surface area contributed by atoms with Gasteiger partial charge in [0.15, 0.2) is 0 Å². The lowest BCUT2D eigenvalue weighted by atomic mass is 10.0. The van der Waals surface area contributed by atoms with Gasteiger partial charge in [-0.05, 0) is 73.4 Å². The van der Waals surface area contributed by atoms with Gasteiger partial charge in [-0.3, -0.25) is 14.5 Å². The molecule has 4 heterocycles. The molecule has 3 N–H and O–H groups in total. The number of piperidine rings is 2. The third kappa shape index (κ3) is 14.2. The van der Waals surface area contributed by atoms with Gasteiger partial charge in [-0.2, -0.15) is 10.2 Å². The van der Waals surface area contributed by atoms with Crippen LogP contribution >= 0.6 is 23.2 Å². The van der Waals surface area contributed by atoms with Crippen LogP contribution in [-0.4, -0.2) is 81.7 Å². The number of nitrogens with one attached hydrogen (secondary N) is 3.